The first-order valence-electron chi connectivity index (χ1n) is 11.0. The first-order valence-corrected chi connectivity index (χ1v) is 11.0. The molecule has 2 nitrogen and oxygen atoms in total. The van der Waals surface area contributed by atoms with Crippen LogP contribution in [0.25, 0.3) is 0 Å². The molecule has 2 heteroatoms. The minimum atomic E-state index is -0.110. The van der Waals surface area contributed by atoms with Crippen LogP contribution in [-0.2, 0) is 17.3 Å². The van der Waals surface area contributed by atoms with Crippen LogP contribution in [0.15, 0.2) is 12.1 Å². The van der Waals surface area contributed by atoms with Crippen molar-refractivity contribution in [1.82, 2.24) is 0 Å². The van der Waals surface area contributed by atoms with Gasteiger partial charge in [-0.25, -0.2) is 0 Å². The van der Waals surface area contributed by atoms with E-state index in [9.17, 15) is 5.11 Å². The van der Waals surface area contributed by atoms with Crippen LogP contribution in [0.2, 0.25) is 0 Å². The molecule has 1 unspecified atom stereocenters. The average Bonchev–Trinajstić information content (AvgIpc) is 2.43. The third-order valence-corrected chi connectivity index (χ3v) is 5.59. The van der Waals surface area contributed by atoms with E-state index >= 15 is 0 Å². The molecule has 0 aromatic heterocycles. The topological polar surface area (TPSA) is 46.2 Å². The van der Waals surface area contributed by atoms with Crippen LogP contribution in [0.5, 0.6) is 5.75 Å². The predicted molar refractivity (Wildman–Crippen MR) is 124 cm³/mol. The number of hydrogen-bond donors (Lipinski definition) is 2. The summed E-state index contributed by atoms with van der Waals surface area (Å²) in [7, 11) is 0. The van der Waals surface area contributed by atoms with E-state index in [0.717, 1.165) is 36.8 Å². The Labute approximate surface area is 175 Å². The Morgan fingerprint density at radius 3 is 1.43 bits per heavy atom. The number of phenolic OH excluding ortho intramolecular Hbond substituents is 1. The maximum Gasteiger partial charge on any atom is 0.123 e. The molecule has 0 radical (unpaired) electrons. The largest absolute Gasteiger partial charge is 0.507 e. The molecule has 28 heavy (non-hydrogen) atoms. The molecular formula is C26H47NO. The summed E-state index contributed by atoms with van der Waals surface area (Å²) >= 11 is 0. The van der Waals surface area contributed by atoms with Crippen LogP contribution in [0.4, 0.5) is 0 Å². The normalized spacial score (nSPS) is 15.0. The minimum Gasteiger partial charge on any atom is -0.507 e. The summed E-state index contributed by atoms with van der Waals surface area (Å²) < 4.78 is 0. The van der Waals surface area contributed by atoms with Crippen LogP contribution >= 0.6 is 0 Å². The quantitative estimate of drug-likeness (QED) is 0.522. The van der Waals surface area contributed by atoms with Crippen LogP contribution in [0.1, 0.15) is 112 Å². The zero-order valence-corrected chi connectivity index (χ0v) is 20.6. The molecule has 0 fully saturated rings. The van der Waals surface area contributed by atoms with Gasteiger partial charge < -0.3 is 10.8 Å². The van der Waals surface area contributed by atoms with Gasteiger partial charge in [0.2, 0.25) is 0 Å². The molecule has 0 amide bonds. The lowest BCUT2D eigenvalue weighted by Crippen LogP contribution is -2.29. The van der Waals surface area contributed by atoms with Crippen molar-refractivity contribution in [1.29, 1.82) is 0 Å². The molecule has 0 aliphatic heterocycles. The molecule has 0 spiro atoms. The molecule has 162 valence electrons. The molecule has 0 aliphatic carbocycles. The Kier molecular flexibility index (Phi) is 7.49. The predicted octanol–water partition coefficient (Wildman–Crippen LogP) is 7.10. The lowest BCUT2D eigenvalue weighted by Gasteiger charge is -2.38. The number of phenols is 1. The summed E-state index contributed by atoms with van der Waals surface area (Å²) in [5, 5.41) is 11.4. The SMILES string of the molecule is CCC(N)Cc1cc(C(C)(C)CC(C)(C)C)c(O)c(C(C)(C)CC(C)(C)C)c1. The number of rotatable bonds is 7. The van der Waals surface area contributed by atoms with Crippen molar-refractivity contribution < 1.29 is 5.11 Å². The Balaban J connectivity index is 3.61. The molecule has 1 atom stereocenters. The Hall–Kier alpha value is -1.02. The van der Waals surface area contributed by atoms with Crippen LogP contribution in [0, 0.1) is 10.8 Å². The van der Waals surface area contributed by atoms with Gasteiger partial charge in [-0.05, 0) is 52.9 Å². The van der Waals surface area contributed by atoms with Crippen molar-refractivity contribution in [3.63, 3.8) is 0 Å². The van der Waals surface area contributed by atoms with Gasteiger partial charge in [-0.15, -0.1) is 0 Å². The zero-order chi connectivity index (χ0) is 22.1. The fourth-order valence-corrected chi connectivity index (χ4v) is 5.13. The molecule has 0 heterocycles. The van der Waals surface area contributed by atoms with Crippen molar-refractivity contribution in [3.8, 4) is 5.75 Å². The highest BCUT2D eigenvalue weighted by Gasteiger charge is 2.35. The van der Waals surface area contributed by atoms with Gasteiger partial charge >= 0.3 is 0 Å². The first kappa shape index (κ1) is 25.0. The van der Waals surface area contributed by atoms with Crippen molar-refractivity contribution in [2.24, 2.45) is 16.6 Å². The van der Waals surface area contributed by atoms with Crippen molar-refractivity contribution in [2.45, 2.75) is 119 Å². The van der Waals surface area contributed by atoms with Gasteiger partial charge in [0, 0.05) is 17.2 Å². The molecule has 1 rings (SSSR count). The molecule has 3 N–H and O–H groups in total. The lowest BCUT2D eigenvalue weighted by molar-refractivity contribution is 0.267. The zero-order valence-electron chi connectivity index (χ0n) is 20.6. The number of aromatic hydroxyl groups is 1. The lowest BCUT2D eigenvalue weighted by atomic mass is 9.67. The van der Waals surface area contributed by atoms with E-state index in [2.05, 4.69) is 88.3 Å². The van der Waals surface area contributed by atoms with Crippen LogP contribution in [-0.4, -0.2) is 11.1 Å². The van der Waals surface area contributed by atoms with Gasteiger partial charge in [0.1, 0.15) is 5.75 Å². The molecular weight excluding hydrogens is 342 g/mol. The third kappa shape index (κ3) is 7.10. The highest BCUT2D eigenvalue weighted by molar-refractivity contribution is 5.50. The second-order valence-electron chi connectivity index (χ2n) is 12.7. The molecule has 0 saturated carbocycles. The fourth-order valence-electron chi connectivity index (χ4n) is 5.13. The Morgan fingerprint density at radius 1 is 0.786 bits per heavy atom. The molecule has 0 bridgehead atoms. The van der Waals surface area contributed by atoms with Gasteiger partial charge in [0.05, 0.1) is 0 Å². The molecule has 1 aromatic carbocycles. The number of nitrogens with two attached hydrogens (primary N) is 1. The average molecular weight is 390 g/mol. The smallest absolute Gasteiger partial charge is 0.123 e. The van der Waals surface area contributed by atoms with E-state index in [4.69, 9.17) is 5.73 Å². The maximum absolute atomic E-state index is 11.4. The molecule has 0 saturated heterocycles. The highest BCUT2D eigenvalue weighted by atomic mass is 16.3. The van der Waals surface area contributed by atoms with Crippen molar-refractivity contribution in [3.05, 3.63) is 28.8 Å². The van der Waals surface area contributed by atoms with E-state index in [1.165, 1.54) is 5.56 Å². The summed E-state index contributed by atoms with van der Waals surface area (Å²) in [6.45, 7) is 24.8. The van der Waals surface area contributed by atoms with Crippen molar-refractivity contribution in [2.75, 3.05) is 0 Å². The van der Waals surface area contributed by atoms with Gasteiger partial charge in [-0.2, -0.15) is 0 Å². The van der Waals surface area contributed by atoms with E-state index < -0.39 is 0 Å². The summed E-state index contributed by atoms with van der Waals surface area (Å²) in [4.78, 5) is 0. The van der Waals surface area contributed by atoms with E-state index in [1.54, 1.807) is 0 Å². The molecule has 1 aromatic rings. The van der Waals surface area contributed by atoms with Crippen LogP contribution in [0.3, 0.4) is 0 Å². The van der Waals surface area contributed by atoms with E-state index in [1.807, 2.05) is 0 Å². The second kappa shape index (κ2) is 8.38. The highest BCUT2D eigenvalue weighted by Crippen LogP contribution is 2.47. The Bertz CT molecular complexity index is 607. The molecule has 0 aliphatic rings. The summed E-state index contributed by atoms with van der Waals surface area (Å²) in [6.07, 6.45) is 3.84. The van der Waals surface area contributed by atoms with Crippen LogP contribution < -0.4 is 5.73 Å². The monoisotopic (exact) mass is 389 g/mol. The second-order valence-corrected chi connectivity index (χ2v) is 12.7. The van der Waals surface area contributed by atoms with Gasteiger partial charge in [-0.3, -0.25) is 0 Å². The summed E-state index contributed by atoms with van der Waals surface area (Å²) in [5.41, 5.74) is 9.85. The number of hydrogen-bond acceptors (Lipinski definition) is 2. The van der Waals surface area contributed by atoms with E-state index in [0.29, 0.717) is 5.75 Å². The Morgan fingerprint density at radius 2 is 1.14 bits per heavy atom. The van der Waals surface area contributed by atoms with E-state index in [-0.39, 0.29) is 27.7 Å². The van der Waals surface area contributed by atoms with Gasteiger partial charge in [-0.1, -0.05) is 88.3 Å². The standard InChI is InChI=1S/C26H47NO/c1-12-19(27)13-18-14-20(25(8,9)16-23(2,3)4)22(28)21(15-18)26(10,11)17-24(5,6)7/h14-15,19,28H,12-13,16-17,27H2,1-11H3. The first-order chi connectivity index (χ1) is 12.4. The maximum atomic E-state index is 11.4. The number of benzene rings is 1. The van der Waals surface area contributed by atoms with Gasteiger partial charge in [0.15, 0.2) is 0 Å². The third-order valence-electron chi connectivity index (χ3n) is 5.59. The minimum absolute atomic E-state index is 0.110. The van der Waals surface area contributed by atoms with Gasteiger partial charge in [0.25, 0.3) is 0 Å². The summed E-state index contributed by atoms with van der Waals surface area (Å²) in [5.74, 6) is 0.484. The van der Waals surface area contributed by atoms with Crippen molar-refractivity contribution >= 4 is 0 Å². The fraction of sp³-hybridized carbons (Fsp3) is 0.769. The summed E-state index contributed by atoms with van der Waals surface area (Å²) in [6, 6.07) is 4.59.